The fourth-order valence-corrected chi connectivity index (χ4v) is 1.46. The summed E-state index contributed by atoms with van der Waals surface area (Å²) in [6.07, 6.45) is -3.14. The van der Waals surface area contributed by atoms with Crippen LogP contribution in [0.25, 0.3) is 0 Å². The Morgan fingerprint density at radius 3 is 2.67 bits per heavy atom. The van der Waals surface area contributed by atoms with Crippen molar-refractivity contribution in [2.75, 3.05) is 19.5 Å². The minimum atomic E-state index is -1.68. The van der Waals surface area contributed by atoms with Crippen LogP contribution in [0.3, 0.4) is 0 Å². The van der Waals surface area contributed by atoms with Crippen molar-refractivity contribution in [2.45, 2.75) is 19.1 Å². The van der Waals surface area contributed by atoms with E-state index < -0.39 is 18.2 Å². The Morgan fingerprint density at radius 2 is 2.11 bits per heavy atom. The van der Waals surface area contributed by atoms with E-state index in [1.165, 1.54) is 19.2 Å². The van der Waals surface area contributed by atoms with E-state index in [4.69, 9.17) is 10.5 Å². The third-order valence-electron chi connectivity index (χ3n) is 2.44. The molecule has 0 saturated heterocycles. The highest BCUT2D eigenvalue weighted by atomic mass is 16.5. The Balaban J connectivity index is 2.95. The van der Waals surface area contributed by atoms with Crippen LogP contribution >= 0.6 is 0 Å². The van der Waals surface area contributed by atoms with Crippen LogP contribution in [0.1, 0.15) is 18.6 Å². The minimum Gasteiger partial charge on any atom is -0.497 e. The van der Waals surface area contributed by atoms with E-state index in [1.54, 1.807) is 13.0 Å². The second-order valence-electron chi connectivity index (χ2n) is 3.64. The van der Waals surface area contributed by atoms with Gasteiger partial charge >= 0.3 is 5.97 Å². The van der Waals surface area contributed by atoms with Gasteiger partial charge in [-0.05, 0) is 25.1 Å². The molecule has 1 aromatic carbocycles. The van der Waals surface area contributed by atoms with Gasteiger partial charge in [0.25, 0.3) is 0 Å². The summed E-state index contributed by atoms with van der Waals surface area (Å²) in [7, 11) is 1.46. The van der Waals surface area contributed by atoms with Crippen molar-refractivity contribution in [3.63, 3.8) is 0 Å². The monoisotopic (exact) mass is 255 g/mol. The number of nitrogen functional groups attached to an aromatic ring is 1. The molecule has 0 radical (unpaired) electrons. The molecule has 100 valence electrons. The highest BCUT2D eigenvalue weighted by Crippen LogP contribution is 2.27. The number of hydrogen-bond donors (Lipinski definition) is 3. The molecular formula is C12H17NO5. The van der Waals surface area contributed by atoms with E-state index in [0.29, 0.717) is 5.75 Å². The van der Waals surface area contributed by atoms with E-state index in [-0.39, 0.29) is 17.9 Å². The lowest BCUT2D eigenvalue weighted by molar-refractivity contribution is -0.159. The number of anilines is 1. The number of ether oxygens (including phenoxy) is 2. The second-order valence-corrected chi connectivity index (χ2v) is 3.64. The molecule has 0 aliphatic heterocycles. The summed E-state index contributed by atoms with van der Waals surface area (Å²) in [6, 6.07) is 4.60. The van der Waals surface area contributed by atoms with Gasteiger partial charge in [0.1, 0.15) is 11.9 Å². The number of esters is 1. The minimum absolute atomic E-state index is 0.121. The quantitative estimate of drug-likeness (QED) is 0.514. The number of carbonyl (C=O) groups excluding carboxylic acids is 1. The molecule has 6 nitrogen and oxygen atoms in total. The summed E-state index contributed by atoms with van der Waals surface area (Å²) in [5.74, 6) is -0.429. The first-order valence-electron chi connectivity index (χ1n) is 5.47. The molecule has 6 heteroatoms. The lowest BCUT2D eigenvalue weighted by Gasteiger charge is -2.18. The fourth-order valence-electron chi connectivity index (χ4n) is 1.46. The van der Waals surface area contributed by atoms with Crippen LogP contribution < -0.4 is 10.5 Å². The second kappa shape index (κ2) is 6.23. The molecule has 4 N–H and O–H groups in total. The van der Waals surface area contributed by atoms with E-state index in [0.717, 1.165) is 0 Å². The molecule has 0 saturated carbocycles. The number of benzene rings is 1. The Labute approximate surface area is 105 Å². The van der Waals surface area contributed by atoms with Crippen LogP contribution in [0.15, 0.2) is 18.2 Å². The predicted octanol–water partition coefficient (Wildman–Crippen LogP) is 0.235. The number of nitrogens with two attached hydrogens (primary N) is 1. The van der Waals surface area contributed by atoms with Gasteiger partial charge in [0, 0.05) is 11.3 Å². The van der Waals surface area contributed by atoms with Crippen molar-refractivity contribution in [2.24, 2.45) is 0 Å². The lowest BCUT2D eigenvalue weighted by atomic mass is 10.0. The van der Waals surface area contributed by atoms with Crippen LogP contribution in [0.5, 0.6) is 5.75 Å². The molecule has 2 atom stereocenters. The highest BCUT2D eigenvalue weighted by molar-refractivity contribution is 5.76. The molecule has 0 amide bonds. The maximum Gasteiger partial charge on any atom is 0.338 e. The Morgan fingerprint density at radius 1 is 1.44 bits per heavy atom. The lowest BCUT2D eigenvalue weighted by Crippen LogP contribution is -2.30. The van der Waals surface area contributed by atoms with Crippen LogP contribution in [-0.2, 0) is 9.53 Å². The number of rotatable bonds is 5. The van der Waals surface area contributed by atoms with E-state index in [9.17, 15) is 15.0 Å². The molecule has 0 heterocycles. The number of aliphatic hydroxyl groups excluding tert-OH is 2. The molecule has 0 bridgehead atoms. The summed E-state index contributed by atoms with van der Waals surface area (Å²) in [5.41, 5.74) is 6.15. The Hall–Kier alpha value is -1.79. The summed E-state index contributed by atoms with van der Waals surface area (Å²) in [5, 5.41) is 19.5. The molecule has 18 heavy (non-hydrogen) atoms. The van der Waals surface area contributed by atoms with Gasteiger partial charge < -0.3 is 25.4 Å². The molecule has 0 fully saturated rings. The van der Waals surface area contributed by atoms with E-state index in [2.05, 4.69) is 4.74 Å². The van der Waals surface area contributed by atoms with Crippen molar-refractivity contribution in [3.05, 3.63) is 23.8 Å². The highest BCUT2D eigenvalue weighted by Gasteiger charge is 2.28. The average molecular weight is 255 g/mol. The zero-order valence-electron chi connectivity index (χ0n) is 10.3. The molecule has 1 aromatic rings. The smallest absolute Gasteiger partial charge is 0.338 e. The van der Waals surface area contributed by atoms with Crippen molar-refractivity contribution in [1.29, 1.82) is 0 Å². The summed E-state index contributed by atoms with van der Waals surface area (Å²) in [6.45, 7) is 1.73. The summed E-state index contributed by atoms with van der Waals surface area (Å²) in [4.78, 5) is 11.3. The molecule has 2 unspecified atom stereocenters. The van der Waals surface area contributed by atoms with Crippen LogP contribution in [0.4, 0.5) is 5.69 Å². The SMILES string of the molecule is CCOC(=O)C(O)C(O)c1cc(OC)ccc1N. The molecular weight excluding hydrogens is 238 g/mol. The number of hydrogen-bond acceptors (Lipinski definition) is 6. The first-order chi connectivity index (χ1) is 8.51. The van der Waals surface area contributed by atoms with E-state index >= 15 is 0 Å². The normalized spacial score (nSPS) is 13.8. The maximum absolute atomic E-state index is 11.3. The maximum atomic E-state index is 11.3. The van der Waals surface area contributed by atoms with E-state index in [1.807, 2.05) is 0 Å². The Kier molecular flexibility index (Phi) is 4.94. The van der Waals surface area contributed by atoms with Gasteiger partial charge in [-0.1, -0.05) is 0 Å². The van der Waals surface area contributed by atoms with Gasteiger partial charge in [0.2, 0.25) is 0 Å². The molecule has 0 spiro atoms. The molecule has 0 aromatic heterocycles. The largest absolute Gasteiger partial charge is 0.497 e. The summed E-state index contributed by atoms with van der Waals surface area (Å²) >= 11 is 0. The number of carbonyl (C=O) groups is 1. The zero-order valence-corrected chi connectivity index (χ0v) is 10.3. The first-order valence-corrected chi connectivity index (χ1v) is 5.47. The van der Waals surface area contributed by atoms with Gasteiger partial charge in [-0.2, -0.15) is 0 Å². The summed E-state index contributed by atoms with van der Waals surface area (Å²) < 4.78 is 9.60. The Bertz CT molecular complexity index is 421. The van der Waals surface area contributed by atoms with Gasteiger partial charge in [0.05, 0.1) is 13.7 Å². The molecule has 1 rings (SSSR count). The van der Waals surface area contributed by atoms with Crippen molar-refractivity contribution >= 4 is 11.7 Å². The fraction of sp³-hybridized carbons (Fsp3) is 0.417. The van der Waals surface area contributed by atoms with Gasteiger partial charge in [0.15, 0.2) is 6.10 Å². The number of methoxy groups -OCH3 is 1. The van der Waals surface area contributed by atoms with Crippen LogP contribution in [-0.4, -0.2) is 36.0 Å². The predicted molar refractivity (Wildman–Crippen MR) is 65.0 cm³/mol. The first kappa shape index (κ1) is 14.3. The van der Waals surface area contributed by atoms with Gasteiger partial charge in [-0.25, -0.2) is 4.79 Å². The van der Waals surface area contributed by atoms with Crippen LogP contribution in [0.2, 0.25) is 0 Å². The number of aliphatic hydroxyl groups is 2. The third-order valence-corrected chi connectivity index (χ3v) is 2.44. The average Bonchev–Trinajstić information content (AvgIpc) is 2.38. The topological polar surface area (TPSA) is 102 Å². The van der Waals surface area contributed by atoms with Gasteiger partial charge in [-0.3, -0.25) is 0 Å². The van der Waals surface area contributed by atoms with Gasteiger partial charge in [-0.15, -0.1) is 0 Å². The standard InChI is InChI=1S/C12H17NO5/c1-3-18-12(16)11(15)10(14)8-6-7(17-2)4-5-9(8)13/h4-6,10-11,14-15H,3,13H2,1-2H3. The van der Waals surface area contributed by atoms with Crippen molar-refractivity contribution in [1.82, 2.24) is 0 Å². The molecule has 0 aliphatic carbocycles. The van der Waals surface area contributed by atoms with Crippen LogP contribution in [0, 0.1) is 0 Å². The molecule has 0 aliphatic rings. The zero-order chi connectivity index (χ0) is 13.7. The third kappa shape index (κ3) is 3.12. The van der Waals surface area contributed by atoms with Crippen molar-refractivity contribution < 1.29 is 24.5 Å². The van der Waals surface area contributed by atoms with Crippen molar-refractivity contribution in [3.8, 4) is 5.75 Å².